The van der Waals surface area contributed by atoms with Crippen molar-refractivity contribution >= 4 is 6.08 Å². The van der Waals surface area contributed by atoms with Crippen molar-refractivity contribution in [2.24, 2.45) is 0 Å². The summed E-state index contributed by atoms with van der Waals surface area (Å²) in [7, 11) is 0. The minimum Gasteiger partial charge on any atom is -0.367 e. The van der Waals surface area contributed by atoms with Gasteiger partial charge in [-0.1, -0.05) is 36.9 Å². The Hall–Kier alpha value is -1.29. The molecule has 0 spiro atoms. The van der Waals surface area contributed by atoms with Gasteiger partial charge in [-0.2, -0.15) is 13.2 Å². The molecule has 0 aromatic heterocycles. The molecular formula is C11H11F3O. The Bertz CT molecular complexity index is 314. The van der Waals surface area contributed by atoms with Crippen molar-refractivity contribution in [3.63, 3.8) is 0 Å². The van der Waals surface area contributed by atoms with Crippen molar-refractivity contribution in [3.05, 3.63) is 42.0 Å². The fourth-order valence-corrected chi connectivity index (χ4v) is 1.03. The molecule has 0 saturated carbocycles. The molecule has 0 N–H and O–H groups in total. The first-order valence-electron chi connectivity index (χ1n) is 4.37. The summed E-state index contributed by atoms with van der Waals surface area (Å²) in [5.74, 6) is 0. The van der Waals surface area contributed by atoms with E-state index < -0.39 is 12.8 Å². The largest absolute Gasteiger partial charge is 0.411 e. The molecule has 1 aromatic carbocycles. The van der Waals surface area contributed by atoms with Crippen LogP contribution in [-0.4, -0.2) is 12.8 Å². The van der Waals surface area contributed by atoms with E-state index in [1.165, 1.54) is 0 Å². The van der Waals surface area contributed by atoms with Crippen molar-refractivity contribution in [3.8, 4) is 0 Å². The van der Waals surface area contributed by atoms with Crippen molar-refractivity contribution in [1.29, 1.82) is 0 Å². The van der Waals surface area contributed by atoms with Gasteiger partial charge in [-0.05, 0) is 11.1 Å². The number of benzene rings is 1. The Labute approximate surface area is 86.2 Å². The highest BCUT2D eigenvalue weighted by Gasteiger charge is 2.27. The summed E-state index contributed by atoms with van der Waals surface area (Å²) in [5.41, 5.74) is 1.64. The fraction of sp³-hybridized carbons (Fsp3) is 0.273. The predicted molar refractivity (Wildman–Crippen MR) is 52.2 cm³/mol. The molecule has 0 saturated heterocycles. The number of halogens is 3. The van der Waals surface area contributed by atoms with E-state index in [0.717, 1.165) is 5.56 Å². The topological polar surface area (TPSA) is 9.23 Å². The van der Waals surface area contributed by atoms with Crippen molar-refractivity contribution < 1.29 is 17.9 Å². The average molecular weight is 216 g/mol. The number of ether oxygens (including phenoxy) is 1. The summed E-state index contributed by atoms with van der Waals surface area (Å²) in [5, 5.41) is 0. The average Bonchev–Trinajstić information content (AvgIpc) is 2.17. The predicted octanol–water partition coefficient (Wildman–Crippen LogP) is 3.41. The van der Waals surface area contributed by atoms with Crippen molar-refractivity contribution in [1.82, 2.24) is 0 Å². The molecule has 0 aliphatic carbocycles. The maximum atomic E-state index is 11.7. The lowest BCUT2D eigenvalue weighted by Gasteiger charge is -2.07. The van der Waals surface area contributed by atoms with E-state index in [9.17, 15) is 13.2 Å². The molecule has 82 valence electrons. The van der Waals surface area contributed by atoms with E-state index in [1.54, 1.807) is 30.3 Å². The first kappa shape index (κ1) is 11.8. The van der Waals surface area contributed by atoms with Gasteiger partial charge in [-0.25, -0.2) is 0 Å². The molecule has 1 aromatic rings. The molecule has 0 bridgehead atoms. The Morgan fingerprint density at radius 1 is 1.20 bits per heavy atom. The molecule has 4 heteroatoms. The molecule has 0 amide bonds. The summed E-state index contributed by atoms with van der Waals surface area (Å²) in [4.78, 5) is 0. The van der Waals surface area contributed by atoms with Gasteiger partial charge in [0.05, 0.1) is 6.61 Å². The highest BCUT2D eigenvalue weighted by molar-refractivity contribution is 5.47. The maximum absolute atomic E-state index is 11.7. The molecule has 0 atom stereocenters. The van der Waals surface area contributed by atoms with Gasteiger partial charge in [0, 0.05) is 0 Å². The van der Waals surface area contributed by atoms with E-state index in [4.69, 9.17) is 0 Å². The molecule has 0 radical (unpaired) electrons. The van der Waals surface area contributed by atoms with E-state index in [2.05, 4.69) is 11.3 Å². The third-order valence-corrected chi connectivity index (χ3v) is 1.75. The lowest BCUT2D eigenvalue weighted by atomic mass is 10.1. The quantitative estimate of drug-likeness (QED) is 0.749. The second kappa shape index (κ2) is 4.98. The van der Waals surface area contributed by atoms with Gasteiger partial charge in [0.15, 0.2) is 0 Å². The summed E-state index contributed by atoms with van der Waals surface area (Å²) in [6, 6.07) is 6.99. The van der Waals surface area contributed by atoms with Gasteiger partial charge in [0.2, 0.25) is 0 Å². The molecule has 1 nitrogen and oxygen atoms in total. The van der Waals surface area contributed by atoms with Crippen LogP contribution >= 0.6 is 0 Å². The molecule has 0 heterocycles. The third kappa shape index (κ3) is 4.65. The molecule has 0 fully saturated rings. The molecule has 0 unspecified atom stereocenters. The Morgan fingerprint density at radius 2 is 1.80 bits per heavy atom. The van der Waals surface area contributed by atoms with Gasteiger partial charge in [0.25, 0.3) is 0 Å². The van der Waals surface area contributed by atoms with Crippen LogP contribution in [0.4, 0.5) is 13.2 Å². The van der Waals surface area contributed by atoms with Gasteiger partial charge in [-0.3, -0.25) is 0 Å². The first-order valence-corrected chi connectivity index (χ1v) is 4.37. The van der Waals surface area contributed by atoms with Crippen LogP contribution in [0.5, 0.6) is 0 Å². The number of rotatable bonds is 4. The molecule has 0 aliphatic heterocycles. The van der Waals surface area contributed by atoms with Gasteiger partial charge >= 0.3 is 6.18 Å². The lowest BCUT2D eigenvalue weighted by molar-refractivity contribution is -0.176. The van der Waals surface area contributed by atoms with Gasteiger partial charge in [0.1, 0.15) is 6.61 Å². The van der Waals surface area contributed by atoms with E-state index in [1.807, 2.05) is 0 Å². The highest BCUT2D eigenvalue weighted by Crippen LogP contribution is 2.15. The van der Waals surface area contributed by atoms with Crippen LogP contribution in [0, 0.1) is 0 Å². The van der Waals surface area contributed by atoms with Crippen LogP contribution < -0.4 is 0 Å². The number of alkyl halides is 3. The highest BCUT2D eigenvalue weighted by atomic mass is 19.4. The summed E-state index contributed by atoms with van der Waals surface area (Å²) in [6.45, 7) is 2.33. The number of hydrogen-bond acceptors (Lipinski definition) is 1. The van der Waals surface area contributed by atoms with Crippen LogP contribution in [0.1, 0.15) is 11.1 Å². The Kier molecular flexibility index (Phi) is 3.91. The smallest absolute Gasteiger partial charge is 0.367 e. The van der Waals surface area contributed by atoms with Crippen molar-refractivity contribution in [2.45, 2.75) is 12.8 Å². The lowest BCUT2D eigenvalue weighted by Crippen LogP contribution is -2.16. The summed E-state index contributed by atoms with van der Waals surface area (Å²) >= 11 is 0. The standard InChI is InChI=1S/C11H11F3O/c1-2-9-3-5-10(6-4-9)7-15-8-11(12,13)14/h2-6H,1,7-8H2. The second-order valence-electron chi connectivity index (χ2n) is 3.05. The van der Waals surface area contributed by atoms with Crippen LogP contribution in [-0.2, 0) is 11.3 Å². The zero-order chi connectivity index (χ0) is 11.3. The van der Waals surface area contributed by atoms with Crippen LogP contribution in [0.3, 0.4) is 0 Å². The molecular weight excluding hydrogens is 205 g/mol. The maximum Gasteiger partial charge on any atom is 0.411 e. The molecule has 15 heavy (non-hydrogen) atoms. The minimum absolute atomic E-state index is 0.0308. The van der Waals surface area contributed by atoms with Crippen LogP contribution in [0.2, 0.25) is 0 Å². The second-order valence-corrected chi connectivity index (χ2v) is 3.05. The van der Waals surface area contributed by atoms with Crippen LogP contribution in [0.15, 0.2) is 30.8 Å². The SMILES string of the molecule is C=Cc1ccc(COCC(F)(F)F)cc1. The zero-order valence-electron chi connectivity index (χ0n) is 8.05. The fourth-order valence-electron chi connectivity index (χ4n) is 1.03. The molecule has 1 rings (SSSR count). The summed E-state index contributed by atoms with van der Waals surface area (Å²) in [6.07, 6.45) is -2.60. The Morgan fingerprint density at radius 3 is 2.27 bits per heavy atom. The first-order chi connectivity index (χ1) is 7.01. The van der Waals surface area contributed by atoms with Crippen LogP contribution in [0.25, 0.3) is 6.08 Å². The summed E-state index contributed by atoms with van der Waals surface area (Å²) < 4.78 is 39.7. The normalized spacial score (nSPS) is 11.4. The minimum atomic E-state index is -4.26. The van der Waals surface area contributed by atoms with E-state index in [0.29, 0.717) is 5.56 Å². The zero-order valence-corrected chi connectivity index (χ0v) is 8.05. The number of hydrogen-bond donors (Lipinski definition) is 0. The van der Waals surface area contributed by atoms with Gasteiger partial charge < -0.3 is 4.74 Å². The molecule has 0 aliphatic rings. The van der Waals surface area contributed by atoms with Gasteiger partial charge in [-0.15, -0.1) is 0 Å². The van der Waals surface area contributed by atoms with Crippen molar-refractivity contribution in [2.75, 3.05) is 6.61 Å². The monoisotopic (exact) mass is 216 g/mol. The Balaban J connectivity index is 2.41. The van der Waals surface area contributed by atoms with E-state index >= 15 is 0 Å². The van der Waals surface area contributed by atoms with E-state index in [-0.39, 0.29) is 6.61 Å². The third-order valence-electron chi connectivity index (χ3n) is 1.75.